The smallest absolute Gasteiger partial charge is 0.123 e. The number of fused-ring (bicyclic) bond motifs is 1. The van der Waals surface area contributed by atoms with Crippen LogP contribution in [0.2, 0.25) is 0 Å². The molecule has 18 heavy (non-hydrogen) atoms. The molecule has 0 radical (unpaired) electrons. The number of nitrogens with zero attached hydrogens (tertiary/aromatic N) is 1. The lowest BCUT2D eigenvalue weighted by Crippen LogP contribution is -2.21. The SMILES string of the molecule is CNC1CCCc2sc(-c3ccc(O)cc3)nc21. The molecule has 1 aliphatic carbocycles. The van der Waals surface area contributed by atoms with Gasteiger partial charge in [0.25, 0.3) is 0 Å². The normalized spacial score (nSPS) is 18.6. The summed E-state index contributed by atoms with van der Waals surface area (Å²) in [6, 6.07) is 7.68. The third-order valence-electron chi connectivity index (χ3n) is 3.42. The van der Waals surface area contributed by atoms with Crippen LogP contribution in [0.5, 0.6) is 5.75 Å². The van der Waals surface area contributed by atoms with Crippen molar-refractivity contribution >= 4 is 11.3 Å². The van der Waals surface area contributed by atoms with Crippen molar-refractivity contribution in [1.29, 1.82) is 0 Å². The molecule has 0 amide bonds. The quantitative estimate of drug-likeness (QED) is 0.872. The van der Waals surface area contributed by atoms with Crippen LogP contribution in [0, 0.1) is 0 Å². The molecule has 2 aromatic rings. The minimum atomic E-state index is 0.299. The van der Waals surface area contributed by atoms with Crippen LogP contribution < -0.4 is 5.32 Å². The molecular formula is C14H16N2OS. The summed E-state index contributed by atoms with van der Waals surface area (Å²) in [7, 11) is 2.00. The molecule has 0 saturated heterocycles. The number of aromatic hydroxyl groups is 1. The number of hydrogen-bond donors (Lipinski definition) is 2. The molecule has 1 aromatic heterocycles. The van der Waals surface area contributed by atoms with Gasteiger partial charge in [0.1, 0.15) is 10.8 Å². The molecular weight excluding hydrogens is 244 g/mol. The third kappa shape index (κ3) is 2.02. The van der Waals surface area contributed by atoms with Crippen LogP contribution in [0.25, 0.3) is 10.6 Å². The lowest BCUT2D eigenvalue weighted by atomic mass is 9.98. The average molecular weight is 260 g/mol. The van der Waals surface area contributed by atoms with Crippen LogP contribution in [0.15, 0.2) is 24.3 Å². The molecule has 4 heteroatoms. The molecule has 1 aromatic carbocycles. The minimum absolute atomic E-state index is 0.299. The highest BCUT2D eigenvalue weighted by molar-refractivity contribution is 7.15. The van der Waals surface area contributed by atoms with Gasteiger partial charge < -0.3 is 10.4 Å². The second kappa shape index (κ2) is 4.71. The summed E-state index contributed by atoms with van der Waals surface area (Å²) < 4.78 is 0. The van der Waals surface area contributed by atoms with Crippen LogP contribution in [-0.4, -0.2) is 17.1 Å². The number of aryl methyl sites for hydroxylation is 1. The Morgan fingerprint density at radius 1 is 1.33 bits per heavy atom. The maximum Gasteiger partial charge on any atom is 0.123 e. The fourth-order valence-electron chi connectivity index (χ4n) is 2.43. The van der Waals surface area contributed by atoms with E-state index < -0.39 is 0 Å². The number of benzene rings is 1. The summed E-state index contributed by atoms with van der Waals surface area (Å²) in [4.78, 5) is 6.18. The number of hydrogen-bond acceptors (Lipinski definition) is 4. The first kappa shape index (κ1) is 11.7. The number of aromatic nitrogens is 1. The number of rotatable bonds is 2. The molecule has 1 unspecified atom stereocenters. The van der Waals surface area contributed by atoms with Gasteiger partial charge in [-0.15, -0.1) is 11.3 Å². The van der Waals surface area contributed by atoms with Crippen molar-refractivity contribution in [3.63, 3.8) is 0 Å². The van der Waals surface area contributed by atoms with Gasteiger partial charge in [0.15, 0.2) is 0 Å². The fourth-order valence-corrected chi connectivity index (χ4v) is 3.60. The fraction of sp³-hybridized carbons (Fsp3) is 0.357. The van der Waals surface area contributed by atoms with Gasteiger partial charge in [-0.25, -0.2) is 4.98 Å². The Bertz CT molecular complexity index is 547. The lowest BCUT2D eigenvalue weighted by Gasteiger charge is -2.19. The molecule has 3 nitrogen and oxygen atoms in total. The van der Waals surface area contributed by atoms with Crippen molar-refractivity contribution in [3.8, 4) is 16.3 Å². The lowest BCUT2D eigenvalue weighted by molar-refractivity contribution is 0.475. The van der Waals surface area contributed by atoms with E-state index >= 15 is 0 Å². The molecule has 3 rings (SSSR count). The first-order chi connectivity index (χ1) is 8.78. The molecule has 0 bridgehead atoms. The Balaban J connectivity index is 1.99. The van der Waals surface area contributed by atoms with Crippen LogP contribution >= 0.6 is 11.3 Å². The largest absolute Gasteiger partial charge is 0.508 e. The average Bonchev–Trinajstić information content (AvgIpc) is 2.83. The van der Waals surface area contributed by atoms with E-state index in [1.165, 1.54) is 23.4 Å². The highest BCUT2D eigenvalue weighted by atomic mass is 32.1. The number of phenols is 1. The summed E-state index contributed by atoms with van der Waals surface area (Å²) in [6.07, 6.45) is 3.54. The highest BCUT2D eigenvalue weighted by Crippen LogP contribution is 2.37. The van der Waals surface area contributed by atoms with Crippen molar-refractivity contribution < 1.29 is 5.11 Å². The van der Waals surface area contributed by atoms with Crippen LogP contribution in [-0.2, 0) is 6.42 Å². The van der Waals surface area contributed by atoms with Crippen molar-refractivity contribution in [2.75, 3.05) is 7.05 Å². The topological polar surface area (TPSA) is 45.1 Å². The second-order valence-electron chi connectivity index (χ2n) is 4.61. The van der Waals surface area contributed by atoms with Gasteiger partial charge in [-0.1, -0.05) is 0 Å². The van der Waals surface area contributed by atoms with Crippen LogP contribution in [0.1, 0.15) is 29.5 Å². The zero-order valence-corrected chi connectivity index (χ0v) is 11.1. The van der Waals surface area contributed by atoms with Crippen molar-refractivity contribution in [2.45, 2.75) is 25.3 Å². The van der Waals surface area contributed by atoms with Gasteiger partial charge in [-0.2, -0.15) is 0 Å². The van der Waals surface area contributed by atoms with E-state index in [0.717, 1.165) is 17.0 Å². The molecule has 1 aliphatic rings. The van der Waals surface area contributed by atoms with Crippen LogP contribution in [0.4, 0.5) is 0 Å². The maximum atomic E-state index is 9.32. The molecule has 0 aliphatic heterocycles. The molecule has 0 spiro atoms. The van der Waals surface area contributed by atoms with E-state index in [9.17, 15) is 5.11 Å². The van der Waals surface area contributed by atoms with Crippen LogP contribution in [0.3, 0.4) is 0 Å². The Hall–Kier alpha value is -1.39. The molecule has 1 atom stereocenters. The molecule has 0 saturated carbocycles. The van der Waals surface area contributed by atoms with E-state index in [2.05, 4.69) is 5.32 Å². The number of nitrogens with one attached hydrogen (secondary N) is 1. The zero-order chi connectivity index (χ0) is 12.5. The highest BCUT2D eigenvalue weighted by Gasteiger charge is 2.23. The van der Waals surface area contributed by atoms with E-state index in [1.807, 2.05) is 19.2 Å². The monoisotopic (exact) mass is 260 g/mol. The number of phenolic OH excluding ortho intramolecular Hbond substituents is 1. The predicted molar refractivity (Wildman–Crippen MR) is 74.0 cm³/mol. The van der Waals surface area contributed by atoms with Gasteiger partial charge in [0.2, 0.25) is 0 Å². The molecule has 2 N–H and O–H groups in total. The van der Waals surface area contributed by atoms with E-state index in [-0.39, 0.29) is 0 Å². The summed E-state index contributed by atoms with van der Waals surface area (Å²) >= 11 is 1.78. The van der Waals surface area contributed by atoms with Gasteiger partial charge >= 0.3 is 0 Å². The Morgan fingerprint density at radius 2 is 2.11 bits per heavy atom. The number of thiazole rings is 1. The predicted octanol–water partition coefficient (Wildman–Crippen LogP) is 3.11. The minimum Gasteiger partial charge on any atom is -0.508 e. The van der Waals surface area contributed by atoms with Gasteiger partial charge in [0, 0.05) is 10.4 Å². The summed E-state index contributed by atoms with van der Waals surface area (Å²) in [5.74, 6) is 0.299. The van der Waals surface area contributed by atoms with Crippen molar-refractivity contribution in [2.24, 2.45) is 0 Å². The molecule has 0 fully saturated rings. The third-order valence-corrected chi connectivity index (χ3v) is 4.60. The Labute approximate surface area is 111 Å². The van der Waals surface area contributed by atoms with Gasteiger partial charge in [-0.3, -0.25) is 0 Å². The first-order valence-corrected chi connectivity index (χ1v) is 7.06. The Morgan fingerprint density at radius 3 is 2.83 bits per heavy atom. The second-order valence-corrected chi connectivity index (χ2v) is 5.69. The van der Waals surface area contributed by atoms with Crippen molar-refractivity contribution in [3.05, 3.63) is 34.8 Å². The standard InChI is InChI=1S/C14H16N2OS/c1-15-11-3-2-4-12-13(11)16-14(18-12)9-5-7-10(17)8-6-9/h5-8,11,15,17H,2-4H2,1H3. The molecule has 1 heterocycles. The van der Waals surface area contributed by atoms with E-state index in [0.29, 0.717) is 11.8 Å². The Kier molecular flexibility index (Phi) is 3.06. The zero-order valence-electron chi connectivity index (χ0n) is 10.3. The van der Waals surface area contributed by atoms with Gasteiger partial charge in [0.05, 0.1) is 11.7 Å². The maximum absolute atomic E-state index is 9.32. The van der Waals surface area contributed by atoms with Gasteiger partial charge in [-0.05, 0) is 50.6 Å². The molecule has 94 valence electrons. The summed E-state index contributed by atoms with van der Waals surface area (Å²) in [6.45, 7) is 0. The van der Waals surface area contributed by atoms with Crippen molar-refractivity contribution in [1.82, 2.24) is 10.3 Å². The van der Waals surface area contributed by atoms with E-state index in [1.54, 1.807) is 23.5 Å². The first-order valence-electron chi connectivity index (χ1n) is 6.24. The summed E-state index contributed by atoms with van der Waals surface area (Å²) in [5.41, 5.74) is 2.30. The van der Waals surface area contributed by atoms with E-state index in [4.69, 9.17) is 4.98 Å². The summed E-state index contributed by atoms with van der Waals surface area (Å²) in [5, 5.41) is 13.7.